The molecule has 1 aliphatic heterocycles. The zero-order chi connectivity index (χ0) is 16.4. The Balaban J connectivity index is 1.86. The van der Waals surface area contributed by atoms with Crippen LogP contribution in [-0.4, -0.2) is 46.3 Å². The van der Waals surface area contributed by atoms with Crippen LogP contribution in [0.25, 0.3) is 11.1 Å². The van der Waals surface area contributed by atoms with Gasteiger partial charge in [-0.3, -0.25) is 4.79 Å². The van der Waals surface area contributed by atoms with E-state index in [0.29, 0.717) is 11.1 Å². The Labute approximate surface area is 133 Å². The second-order valence-electron chi connectivity index (χ2n) is 5.84. The molecule has 1 aliphatic rings. The lowest BCUT2D eigenvalue weighted by molar-refractivity contribution is -0.00384. The second-order valence-corrected chi connectivity index (χ2v) is 5.84. The van der Waals surface area contributed by atoms with E-state index in [1.165, 1.54) is 17.0 Å². The van der Waals surface area contributed by atoms with Gasteiger partial charge in [-0.15, -0.1) is 0 Å². The molecule has 0 unspecified atom stereocenters. The molecule has 23 heavy (non-hydrogen) atoms. The number of likely N-dealkylation sites (tertiary alicyclic amines) is 1. The summed E-state index contributed by atoms with van der Waals surface area (Å²) in [7, 11) is 0. The van der Waals surface area contributed by atoms with Gasteiger partial charge < -0.3 is 15.1 Å². The number of hydrogen-bond donors (Lipinski definition) is 2. The van der Waals surface area contributed by atoms with Gasteiger partial charge in [-0.1, -0.05) is 24.3 Å². The van der Waals surface area contributed by atoms with Crippen molar-refractivity contribution in [3.8, 4) is 11.1 Å². The van der Waals surface area contributed by atoms with Gasteiger partial charge in [0.25, 0.3) is 5.91 Å². The van der Waals surface area contributed by atoms with Gasteiger partial charge in [-0.2, -0.15) is 0 Å². The molecule has 2 atom stereocenters. The molecule has 1 fully saturated rings. The number of rotatable bonds is 2. The van der Waals surface area contributed by atoms with E-state index < -0.39 is 12.2 Å². The van der Waals surface area contributed by atoms with Crippen LogP contribution >= 0.6 is 0 Å². The van der Waals surface area contributed by atoms with Gasteiger partial charge in [0.15, 0.2) is 0 Å². The van der Waals surface area contributed by atoms with Gasteiger partial charge in [-0.25, -0.2) is 4.39 Å². The number of hydrogen-bond acceptors (Lipinski definition) is 3. The first-order valence-corrected chi connectivity index (χ1v) is 7.54. The van der Waals surface area contributed by atoms with Crippen molar-refractivity contribution in [1.29, 1.82) is 0 Å². The minimum absolute atomic E-state index is 0.208. The van der Waals surface area contributed by atoms with Gasteiger partial charge in [0.05, 0.1) is 12.2 Å². The maximum atomic E-state index is 13.4. The summed E-state index contributed by atoms with van der Waals surface area (Å²) < 4.78 is 13.4. The summed E-state index contributed by atoms with van der Waals surface area (Å²) in [6, 6.07) is 13.1. The molecular formula is C18H18FNO3. The molecule has 1 heterocycles. The van der Waals surface area contributed by atoms with Crippen LogP contribution < -0.4 is 0 Å². The number of benzene rings is 2. The van der Waals surface area contributed by atoms with Gasteiger partial charge in [-0.05, 0) is 35.4 Å². The molecule has 0 bridgehead atoms. The SMILES string of the molecule is O=C(c1cccc(-c2cccc(F)c2)c1)N1C[C@H](O)C[C@@H](O)C1. The number of aliphatic hydroxyl groups is 2. The summed E-state index contributed by atoms with van der Waals surface area (Å²) in [4.78, 5) is 14.0. The fourth-order valence-electron chi connectivity index (χ4n) is 2.89. The fraction of sp³-hybridized carbons (Fsp3) is 0.278. The Bertz CT molecular complexity index is 709. The molecule has 4 nitrogen and oxygen atoms in total. The quantitative estimate of drug-likeness (QED) is 0.892. The minimum atomic E-state index is -0.714. The van der Waals surface area contributed by atoms with Gasteiger partial charge >= 0.3 is 0 Å². The Morgan fingerprint density at radius 2 is 1.61 bits per heavy atom. The van der Waals surface area contributed by atoms with E-state index in [1.807, 2.05) is 6.07 Å². The molecule has 2 aromatic carbocycles. The third kappa shape index (κ3) is 3.57. The lowest BCUT2D eigenvalue weighted by Crippen LogP contribution is -2.48. The smallest absolute Gasteiger partial charge is 0.254 e. The number of amides is 1. The van der Waals surface area contributed by atoms with Crippen molar-refractivity contribution in [3.05, 3.63) is 59.9 Å². The third-order valence-electron chi connectivity index (χ3n) is 3.96. The van der Waals surface area contributed by atoms with E-state index in [0.717, 1.165) is 5.56 Å². The predicted octanol–water partition coefficient (Wildman–Crippen LogP) is 2.06. The topological polar surface area (TPSA) is 60.8 Å². The minimum Gasteiger partial charge on any atom is -0.391 e. The molecule has 0 saturated carbocycles. The Morgan fingerprint density at radius 3 is 2.26 bits per heavy atom. The average molecular weight is 315 g/mol. The van der Waals surface area contributed by atoms with Crippen LogP contribution in [0.2, 0.25) is 0 Å². The van der Waals surface area contributed by atoms with Crippen LogP contribution in [0.3, 0.4) is 0 Å². The molecule has 0 aliphatic carbocycles. The standard InChI is InChI=1S/C18H18FNO3/c19-15-6-2-4-13(8-15)12-3-1-5-14(7-12)18(23)20-10-16(21)9-17(22)11-20/h1-8,16-17,21-22H,9-11H2/t16-,17-/m1/s1. The van der Waals surface area contributed by atoms with Gasteiger partial charge in [0.1, 0.15) is 5.82 Å². The summed E-state index contributed by atoms with van der Waals surface area (Å²) >= 11 is 0. The van der Waals surface area contributed by atoms with Crippen LogP contribution in [0, 0.1) is 5.82 Å². The van der Waals surface area contributed by atoms with Crippen molar-refractivity contribution >= 4 is 5.91 Å². The summed E-state index contributed by atoms with van der Waals surface area (Å²) in [5.41, 5.74) is 1.89. The number of aliphatic hydroxyl groups excluding tert-OH is 2. The molecule has 0 spiro atoms. The van der Waals surface area contributed by atoms with E-state index in [9.17, 15) is 19.4 Å². The number of carbonyl (C=O) groups is 1. The first kappa shape index (κ1) is 15.6. The number of carbonyl (C=O) groups excluding carboxylic acids is 1. The Hall–Kier alpha value is -2.24. The van der Waals surface area contributed by atoms with E-state index in [1.54, 1.807) is 30.3 Å². The van der Waals surface area contributed by atoms with Crippen LogP contribution in [0.4, 0.5) is 4.39 Å². The molecule has 2 N–H and O–H groups in total. The molecule has 120 valence electrons. The van der Waals surface area contributed by atoms with Crippen LogP contribution in [0.15, 0.2) is 48.5 Å². The highest BCUT2D eigenvalue weighted by atomic mass is 19.1. The second kappa shape index (κ2) is 6.48. The van der Waals surface area contributed by atoms with Crippen LogP contribution in [0.1, 0.15) is 16.8 Å². The maximum Gasteiger partial charge on any atom is 0.254 e. The lowest BCUT2D eigenvalue weighted by Gasteiger charge is -2.33. The largest absolute Gasteiger partial charge is 0.391 e. The molecule has 0 radical (unpaired) electrons. The number of nitrogens with zero attached hydrogens (tertiary/aromatic N) is 1. The van der Waals surface area contributed by atoms with Crippen LogP contribution in [-0.2, 0) is 0 Å². The van der Waals surface area contributed by atoms with Crippen molar-refractivity contribution in [1.82, 2.24) is 4.90 Å². The van der Waals surface area contributed by atoms with Gasteiger partial charge in [0.2, 0.25) is 0 Å². The molecule has 1 saturated heterocycles. The highest BCUT2D eigenvalue weighted by Crippen LogP contribution is 2.22. The highest BCUT2D eigenvalue weighted by molar-refractivity contribution is 5.95. The molecule has 3 rings (SSSR count). The molecule has 5 heteroatoms. The van der Waals surface area contributed by atoms with Crippen molar-refractivity contribution in [2.45, 2.75) is 18.6 Å². The molecular weight excluding hydrogens is 297 g/mol. The summed E-state index contributed by atoms with van der Waals surface area (Å²) in [6.45, 7) is 0.417. The third-order valence-corrected chi connectivity index (χ3v) is 3.96. The van der Waals surface area contributed by atoms with Crippen LogP contribution in [0.5, 0.6) is 0 Å². The Morgan fingerprint density at radius 1 is 1.00 bits per heavy atom. The van der Waals surface area contributed by atoms with Crippen molar-refractivity contribution < 1.29 is 19.4 Å². The predicted molar refractivity (Wildman–Crippen MR) is 84.4 cm³/mol. The number of β-amino-alcohol motifs (C(OH)–C–C–N with tert-alkyl or cyclic N) is 2. The first-order valence-electron chi connectivity index (χ1n) is 7.54. The summed E-state index contributed by atoms with van der Waals surface area (Å²) in [5, 5.41) is 19.4. The molecule has 2 aromatic rings. The van der Waals surface area contributed by atoms with E-state index in [-0.39, 0.29) is 31.2 Å². The van der Waals surface area contributed by atoms with E-state index >= 15 is 0 Å². The summed E-state index contributed by atoms with van der Waals surface area (Å²) in [5.74, 6) is -0.581. The fourth-order valence-corrected chi connectivity index (χ4v) is 2.89. The van der Waals surface area contributed by atoms with Crippen molar-refractivity contribution in [2.75, 3.05) is 13.1 Å². The zero-order valence-corrected chi connectivity index (χ0v) is 12.5. The van der Waals surface area contributed by atoms with E-state index in [2.05, 4.69) is 0 Å². The Kier molecular flexibility index (Phi) is 4.41. The van der Waals surface area contributed by atoms with Crippen molar-refractivity contribution in [3.63, 3.8) is 0 Å². The van der Waals surface area contributed by atoms with E-state index in [4.69, 9.17) is 0 Å². The summed E-state index contributed by atoms with van der Waals surface area (Å²) in [6.07, 6.45) is -1.14. The average Bonchev–Trinajstić information content (AvgIpc) is 2.53. The number of halogens is 1. The first-order chi connectivity index (χ1) is 11.0. The maximum absolute atomic E-state index is 13.4. The monoisotopic (exact) mass is 315 g/mol. The van der Waals surface area contributed by atoms with Crippen molar-refractivity contribution in [2.24, 2.45) is 0 Å². The molecule has 0 aromatic heterocycles. The van der Waals surface area contributed by atoms with Gasteiger partial charge in [0, 0.05) is 25.1 Å². The number of piperidine rings is 1. The lowest BCUT2D eigenvalue weighted by atomic mass is 10.0. The zero-order valence-electron chi connectivity index (χ0n) is 12.5. The highest BCUT2D eigenvalue weighted by Gasteiger charge is 2.28. The normalized spacial score (nSPS) is 21.3. The molecule has 1 amide bonds.